The Morgan fingerprint density at radius 3 is 2.44 bits per heavy atom. The molecule has 0 aliphatic carbocycles. The van der Waals surface area contributed by atoms with E-state index in [-0.39, 0.29) is 11.7 Å². The Bertz CT molecular complexity index is 524. The molecule has 0 atom stereocenters. The van der Waals surface area contributed by atoms with Crippen LogP contribution in [0.5, 0.6) is 0 Å². The van der Waals surface area contributed by atoms with Crippen molar-refractivity contribution in [1.82, 2.24) is 9.80 Å². The third-order valence-corrected chi connectivity index (χ3v) is 3.33. The van der Waals surface area contributed by atoms with E-state index in [1.165, 1.54) is 17.0 Å². The van der Waals surface area contributed by atoms with Gasteiger partial charge in [-0.25, -0.2) is 4.39 Å². The number of hydrogen-bond acceptors (Lipinski definition) is 2. The van der Waals surface area contributed by atoms with Gasteiger partial charge in [0.25, 0.3) is 5.91 Å². The van der Waals surface area contributed by atoms with Crippen molar-refractivity contribution in [3.05, 3.63) is 41.3 Å². The highest BCUT2D eigenvalue weighted by Gasteiger charge is 2.34. The Hall–Kier alpha value is -1.75. The molecule has 0 N–H and O–H groups in total. The van der Waals surface area contributed by atoms with Crippen LogP contribution in [0, 0.1) is 5.82 Å². The highest BCUT2D eigenvalue weighted by Crippen LogP contribution is 2.21. The predicted octanol–water partition coefficient (Wildman–Crippen LogP) is 2.25. The van der Waals surface area contributed by atoms with E-state index in [0.29, 0.717) is 17.4 Å². The van der Waals surface area contributed by atoms with Crippen molar-refractivity contribution in [2.24, 2.45) is 0 Å². The molecule has 2 rings (SSSR count). The van der Waals surface area contributed by atoms with Crippen LogP contribution in [0.15, 0.2) is 30.0 Å². The molecule has 1 aliphatic rings. The Morgan fingerprint density at radius 1 is 1.33 bits per heavy atom. The van der Waals surface area contributed by atoms with E-state index in [2.05, 4.69) is 0 Å². The second-order valence-corrected chi connectivity index (χ2v) is 4.34. The van der Waals surface area contributed by atoms with E-state index in [9.17, 15) is 9.18 Å². The van der Waals surface area contributed by atoms with Gasteiger partial charge in [-0.1, -0.05) is 12.1 Å². The molecule has 1 aromatic rings. The van der Waals surface area contributed by atoms with Crippen LogP contribution in [0.1, 0.15) is 12.5 Å². The van der Waals surface area contributed by atoms with Crippen molar-refractivity contribution in [3.63, 3.8) is 0 Å². The molecular formula is C13H13FN2OS. The third-order valence-electron chi connectivity index (χ3n) is 2.83. The van der Waals surface area contributed by atoms with Crippen LogP contribution < -0.4 is 0 Å². The fourth-order valence-corrected chi connectivity index (χ4v) is 2.12. The standard InChI is InChI=1S/C13H13FN2OS/c1-3-16-12(17)11(15(2)13(16)18)8-9-4-6-10(14)7-5-9/h4-8H,3H2,1-2H3/b11-8+. The Labute approximate surface area is 110 Å². The van der Waals surface area contributed by atoms with Gasteiger partial charge in [-0.3, -0.25) is 9.69 Å². The van der Waals surface area contributed by atoms with Gasteiger partial charge in [-0.15, -0.1) is 0 Å². The fraction of sp³-hybridized carbons (Fsp3) is 0.231. The van der Waals surface area contributed by atoms with Gasteiger partial charge in [0.2, 0.25) is 0 Å². The summed E-state index contributed by atoms with van der Waals surface area (Å²) in [5.74, 6) is -0.414. The quantitative estimate of drug-likeness (QED) is 0.604. The zero-order valence-corrected chi connectivity index (χ0v) is 11.0. The molecule has 0 bridgehead atoms. The van der Waals surface area contributed by atoms with Crippen LogP contribution >= 0.6 is 12.2 Å². The Balaban J connectivity index is 2.36. The van der Waals surface area contributed by atoms with Crippen LogP contribution in [0.25, 0.3) is 6.08 Å². The smallest absolute Gasteiger partial charge is 0.276 e. The second-order valence-electron chi connectivity index (χ2n) is 3.97. The zero-order valence-electron chi connectivity index (χ0n) is 10.2. The minimum Gasteiger partial charge on any atom is -0.317 e. The van der Waals surface area contributed by atoms with E-state index in [0.717, 1.165) is 5.56 Å². The van der Waals surface area contributed by atoms with E-state index in [1.807, 2.05) is 6.92 Å². The number of hydrogen-bond donors (Lipinski definition) is 0. The van der Waals surface area contributed by atoms with Crippen molar-refractivity contribution in [1.29, 1.82) is 0 Å². The summed E-state index contributed by atoms with van der Waals surface area (Å²) in [6, 6.07) is 5.98. The van der Waals surface area contributed by atoms with Gasteiger partial charge in [0.05, 0.1) is 0 Å². The van der Waals surface area contributed by atoms with Crippen molar-refractivity contribution < 1.29 is 9.18 Å². The summed E-state index contributed by atoms with van der Waals surface area (Å²) in [6.45, 7) is 2.42. The lowest BCUT2D eigenvalue weighted by Crippen LogP contribution is -2.30. The monoisotopic (exact) mass is 264 g/mol. The minimum atomic E-state index is -0.297. The van der Waals surface area contributed by atoms with Crippen LogP contribution in [-0.2, 0) is 4.79 Å². The number of halogens is 1. The highest BCUT2D eigenvalue weighted by molar-refractivity contribution is 7.80. The molecule has 0 spiro atoms. The molecule has 5 heteroatoms. The molecule has 0 radical (unpaired) electrons. The molecule has 0 aromatic heterocycles. The van der Waals surface area contributed by atoms with Crippen molar-refractivity contribution in [2.45, 2.75) is 6.92 Å². The number of nitrogens with zero attached hydrogens (tertiary/aromatic N) is 2. The zero-order chi connectivity index (χ0) is 13.3. The summed E-state index contributed by atoms with van der Waals surface area (Å²) in [5, 5.41) is 0.496. The van der Waals surface area contributed by atoms with Crippen LogP contribution in [0.3, 0.4) is 0 Å². The number of likely N-dealkylation sites (N-methyl/N-ethyl adjacent to an activating group) is 2. The molecule has 0 saturated carbocycles. The van der Waals surface area contributed by atoms with Crippen molar-refractivity contribution >= 4 is 29.3 Å². The Morgan fingerprint density at radius 2 is 1.94 bits per heavy atom. The van der Waals surface area contributed by atoms with E-state index in [1.54, 1.807) is 30.2 Å². The van der Waals surface area contributed by atoms with Gasteiger partial charge in [-0.2, -0.15) is 0 Å². The number of benzene rings is 1. The van der Waals surface area contributed by atoms with Crippen LogP contribution in [0.4, 0.5) is 4.39 Å². The van der Waals surface area contributed by atoms with E-state index >= 15 is 0 Å². The normalized spacial score (nSPS) is 18.1. The van der Waals surface area contributed by atoms with Gasteiger partial charge < -0.3 is 4.90 Å². The molecule has 1 fully saturated rings. The average molecular weight is 264 g/mol. The van der Waals surface area contributed by atoms with Crippen LogP contribution in [0.2, 0.25) is 0 Å². The molecule has 1 heterocycles. The van der Waals surface area contributed by atoms with Gasteiger partial charge in [-0.05, 0) is 42.9 Å². The van der Waals surface area contributed by atoms with E-state index in [4.69, 9.17) is 12.2 Å². The molecule has 0 unspecified atom stereocenters. The largest absolute Gasteiger partial charge is 0.317 e. The Kier molecular flexibility index (Phi) is 3.43. The summed E-state index contributed by atoms with van der Waals surface area (Å²) >= 11 is 5.18. The number of carbonyl (C=O) groups excluding carboxylic acids is 1. The first-order chi connectivity index (χ1) is 8.54. The predicted molar refractivity (Wildman–Crippen MR) is 72.1 cm³/mol. The van der Waals surface area contributed by atoms with Gasteiger partial charge in [0.1, 0.15) is 11.5 Å². The third kappa shape index (κ3) is 2.13. The number of rotatable bonds is 2. The number of thiocarbonyl (C=S) groups is 1. The molecule has 1 aromatic carbocycles. The molecule has 1 aliphatic heterocycles. The first kappa shape index (κ1) is 12.7. The average Bonchev–Trinajstić information content (AvgIpc) is 2.56. The summed E-state index contributed by atoms with van der Waals surface area (Å²) in [5.41, 5.74) is 1.28. The van der Waals surface area contributed by atoms with Gasteiger partial charge in [0.15, 0.2) is 5.11 Å². The lowest BCUT2D eigenvalue weighted by atomic mass is 10.2. The molecule has 94 valence electrons. The SMILES string of the molecule is CCN1C(=O)/C(=C\c2ccc(F)cc2)N(C)C1=S. The number of amides is 1. The first-order valence-electron chi connectivity index (χ1n) is 5.61. The summed E-state index contributed by atoms with van der Waals surface area (Å²) in [4.78, 5) is 15.3. The first-order valence-corrected chi connectivity index (χ1v) is 6.02. The lowest BCUT2D eigenvalue weighted by Gasteiger charge is -2.13. The minimum absolute atomic E-state index is 0.116. The summed E-state index contributed by atoms with van der Waals surface area (Å²) < 4.78 is 12.8. The summed E-state index contributed by atoms with van der Waals surface area (Å²) in [7, 11) is 1.76. The summed E-state index contributed by atoms with van der Waals surface area (Å²) in [6.07, 6.45) is 1.71. The maximum absolute atomic E-state index is 12.8. The molecule has 1 saturated heterocycles. The maximum atomic E-state index is 12.8. The lowest BCUT2D eigenvalue weighted by molar-refractivity contribution is -0.122. The molecule has 18 heavy (non-hydrogen) atoms. The highest BCUT2D eigenvalue weighted by atomic mass is 32.1. The fourth-order valence-electron chi connectivity index (χ4n) is 1.81. The van der Waals surface area contributed by atoms with E-state index < -0.39 is 0 Å². The topological polar surface area (TPSA) is 23.6 Å². The van der Waals surface area contributed by atoms with Gasteiger partial charge >= 0.3 is 0 Å². The second kappa shape index (κ2) is 4.86. The van der Waals surface area contributed by atoms with Crippen LogP contribution in [-0.4, -0.2) is 34.4 Å². The molecular weight excluding hydrogens is 251 g/mol. The molecule has 3 nitrogen and oxygen atoms in total. The maximum Gasteiger partial charge on any atom is 0.276 e. The molecule has 1 amide bonds. The van der Waals surface area contributed by atoms with Crippen molar-refractivity contribution in [3.8, 4) is 0 Å². The number of carbonyl (C=O) groups is 1. The van der Waals surface area contributed by atoms with Gasteiger partial charge in [0, 0.05) is 13.6 Å². The van der Waals surface area contributed by atoms with Crippen molar-refractivity contribution in [2.75, 3.05) is 13.6 Å².